The monoisotopic (exact) mass is 251 g/mol. The Kier molecular flexibility index (Phi) is 3.29. The summed E-state index contributed by atoms with van der Waals surface area (Å²) < 4.78 is 0. The van der Waals surface area contributed by atoms with E-state index in [9.17, 15) is 0 Å². The van der Waals surface area contributed by atoms with Gasteiger partial charge in [0.25, 0.3) is 0 Å². The highest BCUT2D eigenvalue weighted by atomic mass is 35.5. The fourth-order valence-electron chi connectivity index (χ4n) is 2.54. The molecule has 3 nitrogen and oxygen atoms in total. The van der Waals surface area contributed by atoms with E-state index in [-0.39, 0.29) is 5.84 Å². The minimum atomic E-state index is 0.0567. The Hall–Kier alpha value is -1.22. The van der Waals surface area contributed by atoms with Crippen molar-refractivity contribution in [3.05, 3.63) is 28.8 Å². The molecule has 2 unspecified atom stereocenters. The Morgan fingerprint density at radius 3 is 2.65 bits per heavy atom. The molecule has 0 radical (unpaired) electrons. The third kappa shape index (κ3) is 2.39. The van der Waals surface area contributed by atoms with Gasteiger partial charge in [-0.3, -0.25) is 5.41 Å². The second-order valence-electron chi connectivity index (χ2n) is 4.92. The summed E-state index contributed by atoms with van der Waals surface area (Å²) in [5.74, 6) is 0.759. The average Bonchev–Trinajstić information content (AvgIpc) is 2.57. The van der Waals surface area contributed by atoms with Crippen LogP contribution in [0.4, 0.5) is 5.69 Å². The molecule has 4 heteroatoms. The first-order chi connectivity index (χ1) is 7.99. The van der Waals surface area contributed by atoms with Crippen LogP contribution in [0.25, 0.3) is 0 Å². The highest BCUT2D eigenvalue weighted by Gasteiger charge is 2.27. The summed E-state index contributed by atoms with van der Waals surface area (Å²) in [5, 5.41) is 8.07. The van der Waals surface area contributed by atoms with Gasteiger partial charge in [0.2, 0.25) is 0 Å². The zero-order valence-corrected chi connectivity index (χ0v) is 11.0. The molecule has 1 aromatic rings. The Balaban J connectivity index is 2.31. The zero-order valence-electron chi connectivity index (χ0n) is 10.2. The maximum Gasteiger partial charge on any atom is 0.122 e. The number of amidine groups is 1. The van der Waals surface area contributed by atoms with Gasteiger partial charge in [0.05, 0.1) is 10.7 Å². The maximum absolute atomic E-state index is 7.39. The standard InChI is InChI=1S/C13H18ClN3/c1-8-5-9(2)17(7-8)12-4-3-10(13(15)16)6-11(12)14/h3-4,6,8-9H,5,7H2,1-2H3,(H3,15,16). The minimum absolute atomic E-state index is 0.0567. The molecular formula is C13H18ClN3. The number of hydrogen-bond donors (Lipinski definition) is 2. The molecule has 2 atom stereocenters. The van der Waals surface area contributed by atoms with Crippen LogP contribution in [0.2, 0.25) is 5.02 Å². The number of rotatable bonds is 2. The first-order valence-corrected chi connectivity index (χ1v) is 6.27. The van der Waals surface area contributed by atoms with Gasteiger partial charge in [-0.2, -0.15) is 0 Å². The molecule has 3 N–H and O–H groups in total. The van der Waals surface area contributed by atoms with Crippen molar-refractivity contribution in [2.24, 2.45) is 11.7 Å². The van der Waals surface area contributed by atoms with Crippen molar-refractivity contribution in [1.29, 1.82) is 5.41 Å². The molecular weight excluding hydrogens is 234 g/mol. The molecule has 1 aliphatic rings. The number of benzene rings is 1. The van der Waals surface area contributed by atoms with E-state index in [1.807, 2.05) is 12.1 Å². The van der Waals surface area contributed by atoms with Gasteiger partial charge < -0.3 is 10.6 Å². The number of anilines is 1. The van der Waals surface area contributed by atoms with Crippen LogP contribution in [0.1, 0.15) is 25.8 Å². The number of nitrogens with two attached hydrogens (primary N) is 1. The highest BCUT2D eigenvalue weighted by molar-refractivity contribution is 6.33. The molecule has 1 aliphatic heterocycles. The van der Waals surface area contributed by atoms with E-state index in [0.717, 1.165) is 12.2 Å². The van der Waals surface area contributed by atoms with Crippen molar-refractivity contribution >= 4 is 23.1 Å². The van der Waals surface area contributed by atoms with E-state index in [1.165, 1.54) is 6.42 Å². The molecule has 1 fully saturated rings. The Labute approximate surface area is 107 Å². The van der Waals surface area contributed by atoms with Crippen LogP contribution in [0.3, 0.4) is 0 Å². The van der Waals surface area contributed by atoms with Crippen molar-refractivity contribution in [2.45, 2.75) is 26.3 Å². The lowest BCUT2D eigenvalue weighted by Crippen LogP contribution is -2.27. The summed E-state index contributed by atoms with van der Waals surface area (Å²) >= 11 is 6.27. The van der Waals surface area contributed by atoms with Crippen LogP contribution < -0.4 is 10.6 Å². The topological polar surface area (TPSA) is 53.1 Å². The summed E-state index contributed by atoms with van der Waals surface area (Å²) in [6, 6.07) is 6.12. The predicted molar refractivity (Wildman–Crippen MR) is 73.1 cm³/mol. The van der Waals surface area contributed by atoms with E-state index >= 15 is 0 Å². The summed E-state index contributed by atoms with van der Waals surface area (Å²) in [5.41, 5.74) is 7.18. The van der Waals surface area contributed by atoms with Gasteiger partial charge >= 0.3 is 0 Å². The zero-order chi connectivity index (χ0) is 12.6. The number of halogens is 1. The quantitative estimate of drug-likeness (QED) is 0.627. The van der Waals surface area contributed by atoms with Gasteiger partial charge in [0, 0.05) is 18.2 Å². The van der Waals surface area contributed by atoms with Crippen molar-refractivity contribution in [1.82, 2.24) is 0 Å². The Bertz CT molecular complexity index is 444. The Morgan fingerprint density at radius 2 is 2.18 bits per heavy atom. The van der Waals surface area contributed by atoms with E-state index in [2.05, 4.69) is 18.7 Å². The fourth-order valence-corrected chi connectivity index (χ4v) is 2.83. The highest BCUT2D eigenvalue weighted by Crippen LogP contribution is 2.34. The smallest absolute Gasteiger partial charge is 0.122 e. The van der Waals surface area contributed by atoms with Gasteiger partial charge in [0.15, 0.2) is 0 Å². The maximum atomic E-state index is 7.39. The molecule has 0 amide bonds. The first kappa shape index (κ1) is 12.2. The lowest BCUT2D eigenvalue weighted by atomic mass is 10.1. The normalized spacial score (nSPS) is 24.1. The van der Waals surface area contributed by atoms with E-state index in [0.29, 0.717) is 22.5 Å². The van der Waals surface area contributed by atoms with E-state index in [1.54, 1.807) is 6.07 Å². The minimum Gasteiger partial charge on any atom is -0.384 e. The molecule has 17 heavy (non-hydrogen) atoms. The molecule has 1 saturated heterocycles. The summed E-state index contributed by atoms with van der Waals surface area (Å²) in [6.07, 6.45) is 1.20. The van der Waals surface area contributed by atoms with Crippen LogP contribution in [0.5, 0.6) is 0 Å². The van der Waals surface area contributed by atoms with E-state index in [4.69, 9.17) is 22.7 Å². The second kappa shape index (κ2) is 4.57. The molecule has 92 valence electrons. The van der Waals surface area contributed by atoms with Crippen LogP contribution in [-0.4, -0.2) is 18.4 Å². The van der Waals surface area contributed by atoms with Crippen LogP contribution >= 0.6 is 11.6 Å². The van der Waals surface area contributed by atoms with E-state index < -0.39 is 0 Å². The van der Waals surface area contributed by atoms with Gasteiger partial charge in [-0.15, -0.1) is 0 Å². The molecule has 0 bridgehead atoms. The van der Waals surface area contributed by atoms with Crippen LogP contribution in [0.15, 0.2) is 18.2 Å². The summed E-state index contributed by atoms with van der Waals surface area (Å²) in [4.78, 5) is 2.33. The third-order valence-electron chi connectivity index (χ3n) is 3.35. The molecule has 0 spiro atoms. The number of nitrogens with one attached hydrogen (secondary N) is 1. The first-order valence-electron chi connectivity index (χ1n) is 5.89. The van der Waals surface area contributed by atoms with Gasteiger partial charge in [-0.05, 0) is 37.5 Å². The van der Waals surface area contributed by atoms with Crippen molar-refractivity contribution in [2.75, 3.05) is 11.4 Å². The molecule has 1 aromatic carbocycles. The second-order valence-corrected chi connectivity index (χ2v) is 5.33. The molecule has 1 heterocycles. The van der Waals surface area contributed by atoms with Gasteiger partial charge in [0.1, 0.15) is 5.84 Å². The number of hydrogen-bond acceptors (Lipinski definition) is 2. The van der Waals surface area contributed by atoms with Crippen molar-refractivity contribution in [3.8, 4) is 0 Å². The number of nitrogens with zero attached hydrogens (tertiary/aromatic N) is 1. The number of nitrogen functional groups attached to an aromatic ring is 1. The summed E-state index contributed by atoms with van der Waals surface area (Å²) in [7, 11) is 0. The SMILES string of the molecule is CC1CC(C)N(c2ccc(C(=N)N)cc2Cl)C1. The van der Waals surface area contributed by atoms with Crippen LogP contribution in [0, 0.1) is 11.3 Å². The van der Waals surface area contributed by atoms with Crippen molar-refractivity contribution in [3.63, 3.8) is 0 Å². The average molecular weight is 252 g/mol. The van der Waals surface area contributed by atoms with Crippen molar-refractivity contribution < 1.29 is 0 Å². The summed E-state index contributed by atoms with van der Waals surface area (Å²) in [6.45, 7) is 5.52. The molecule has 0 aromatic heterocycles. The largest absolute Gasteiger partial charge is 0.384 e. The Morgan fingerprint density at radius 1 is 1.47 bits per heavy atom. The molecule has 0 saturated carbocycles. The third-order valence-corrected chi connectivity index (χ3v) is 3.65. The van der Waals surface area contributed by atoms with Gasteiger partial charge in [-0.25, -0.2) is 0 Å². The fraction of sp³-hybridized carbons (Fsp3) is 0.462. The molecule has 0 aliphatic carbocycles. The predicted octanol–water partition coefficient (Wildman–Crippen LogP) is 2.86. The molecule has 2 rings (SSSR count). The van der Waals surface area contributed by atoms with Crippen LogP contribution in [-0.2, 0) is 0 Å². The lowest BCUT2D eigenvalue weighted by Gasteiger charge is -2.25. The lowest BCUT2D eigenvalue weighted by molar-refractivity contribution is 0.625. The van der Waals surface area contributed by atoms with Gasteiger partial charge in [-0.1, -0.05) is 18.5 Å².